The van der Waals surface area contributed by atoms with Gasteiger partial charge in [0.05, 0.1) is 0 Å². The standard InChI is InChI=1S/C14H19N3O2/c1-17(2)14(18)6-8-16-11-12-4-3-5-13(10-12)19-9-7-15/h3-5,10,16H,6,8-9,11H2,1-2H3. The van der Waals surface area contributed by atoms with Gasteiger partial charge in [-0.1, -0.05) is 12.1 Å². The molecule has 0 atom stereocenters. The number of benzene rings is 1. The Morgan fingerprint density at radius 2 is 2.26 bits per heavy atom. The molecule has 0 radical (unpaired) electrons. The number of nitriles is 1. The van der Waals surface area contributed by atoms with Crippen LogP contribution in [0.1, 0.15) is 12.0 Å². The average molecular weight is 261 g/mol. The normalized spacial score (nSPS) is 9.74. The second-order valence-electron chi connectivity index (χ2n) is 4.31. The number of amides is 1. The lowest BCUT2D eigenvalue weighted by molar-refractivity contribution is -0.128. The van der Waals surface area contributed by atoms with E-state index in [0.717, 1.165) is 5.56 Å². The minimum absolute atomic E-state index is 0.0498. The maximum Gasteiger partial charge on any atom is 0.223 e. The van der Waals surface area contributed by atoms with Gasteiger partial charge < -0.3 is 15.0 Å². The number of hydrogen-bond acceptors (Lipinski definition) is 4. The number of carbonyl (C=O) groups is 1. The van der Waals surface area contributed by atoms with Crippen molar-refractivity contribution in [2.75, 3.05) is 27.2 Å². The number of ether oxygens (including phenoxy) is 1. The predicted molar refractivity (Wildman–Crippen MR) is 72.6 cm³/mol. The van der Waals surface area contributed by atoms with Crippen molar-refractivity contribution in [3.8, 4) is 11.8 Å². The second kappa shape index (κ2) is 8.11. The number of rotatable bonds is 7. The topological polar surface area (TPSA) is 65.4 Å². The summed E-state index contributed by atoms with van der Waals surface area (Å²) in [5, 5.41) is 11.6. The average Bonchev–Trinajstić information content (AvgIpc) is 2.41. The van der Waals surface area contributed by atoms with Crippen LogP contribution < -0.4 is 10.1 Å². The highest BCUT2D eigenvalue weighted by molar-refractivity contribution is 5.75. The van der Waals surface area contributed by atoms with E-state index in [9.17, 15) is 4.79 Å². The van der Waals surface area contributed by atoms with Gasteiger partial charge in [0.2, 0.25) is 5.91 Å². The Balaban J connectivity index is 2.33. The Morgan fingerprint density at radius 3 is 2.95 bits per heavy atom. The first kappa shape index (κ1) is 15.0. The van der Waals surface area contributed by atoms with Crippen molar-refractivity contribution in [1.82, 2.24) is 10.2 Å². The van der Waals surface area contributed by atoms with Crippen molar-refractivity contribution in [2.45, 2.75) is 13.0 Å². The number of carbonyl (C=O) groups excluding carboxylic acids is 1. The van der Waals surface area contributed by atoms with Gasteiger partial charge in [0, 0.05) is 33.6 Å². The van der Waals surface area contributed by atoms with Crippen LogP contribution in [0.5, 0.6) is 5.75 Å². The monoisotopic (exact) mass is 261 g/mol. The van der Waals surface area contributed by atoms with E-state index in [0.29, 0.717) is 25.3 Å². The van der Waals surface area contributed by atoms with Crippen LogP contribution in [0.3, 0.4) is 0 Å². The van der Waals surface area contributed by atoms with Gasteiger partial charge >= 0.3 is 0 Å². The van der Waals surface area contributed by atoms with E-state index in [2.05, 4.69) is 5.32 Å². The molecule has 0 aliphatic rings. The zero-order chi connectivity index (χ0) is 14.1. The fourth-order valence-corrected chi connectivity index (χ4v) is 1.51. The zero-order valence-electron chi connectivity index (χ0n) is 11.3. The summed E-state index contributed by atoms with van der Waals surface area (Å²) in [5.41, 5.74) is 1.06. The molecule has 5 heteroatoms. The van der Waals surface area contributed by atoms with Crippen molar-refractivity contribution < 1.29 is 9.53 Å². The molecule has 0 aliphatic carbocycles. The van der Waals surface area contributed by atoms with Gasteiger partial charge in [0.1, 0.15) is 11.8 Å². The zero-order valence-corrected chi connectivity index (χ0v) is 11.3. The van der Waals surface area contributed by atoms with Crippen LogP contribution >= 0.6 is 0 Å². The molecule has 0 fully saturated rings. The van der Waals surface area contributed by atoms with E-state index in [1.165, 1.54) is 0 Å². The molecular weight excluding hydrogens is 242 g/mol. The molecular formula is C14H19N3O2. The molecule has 5 nitrogen and oxygen atoms in total. The molecule has 1 amide bonds. The third-order valence-electron chi connectivity index (χ3n) is 2.55. The van der Waals surface area contributed by atoms with Gasteiger partial charge in [0.15, 0.2) is 6.61 Å². The van der Waals surface area contributed by atoms with Crippen LogP contribution in [-0.2, 0) is 11.3 Å². The van der Waals surface area contributed by atoms with Crippen LogP contribution in [0.4, 0.5) is 0 Å². The Hall–Kier alpha value is -2.06. The van der Waals surface area contributed by atoms with Crippen LogP contribution in [0.15, 0.2) is 24.3 Å². The molecule has 0 saturated heterocycles. The molecule has 0 unspecified atom stereocenters. The summed E-state index contributed by atoms with van der Waals surface area (Å²) in [6.07, 6.45) is 0.484. The Labute approximate surface area is 113 Å². The van der Waals surface area contributed by atoms with Gasteiger partial charge in [-0.3, -0.25) is 4.79 Å². The molecule has 1 aromatic carbocycles. The lowest BCUT2D eigenvalue weighted by atomic mass is 10.2. The van der Waals surface area contributed by atoms with Gasteiger partial charge in [-0.25, -0.2) is 0 Å². The molecule has 0 saturated carbocycles. The summed E-state index contributed by atoms with van der Waals surface area (Å²) in [6.45, 7) is 1.36. The van der Waals surface area contributed by atoms with Crippen LogP contribution in [0.25, 0.3) is 0 Å². The first-order chi connectivity index (χ1) is 9.13. The molecule has 0 aliphatic heterocycles. The van der Waals surface area contributed by atoms with Crippen LogP contribution in [-0.4, -0.2) is 38.1 Å². The van der Waals surface area contributed by atoms with E-state index in [1.54, 1.807) is 19.0 Å². The highest BCUT2D eigenvalue weighted by atomic mass is 16.5. The van der Waals surface area contributed by atoms with Gasteiger partial charge in [0.25, 0.3) is 0 Å². The van der Waals surface area contributed by atoms with Gasteiger partial charge in [-0.05, 0) is 17.7 Å². The molecule has 102 valence electrons. The van der Waals surface area contributed by atoms with Crippen LogP contribution in [0.2, 0.25) is 0 Å². The predicted octanol–water partition coefficient (Wildman–Crippen LogP) is 1.16. The molecule has 1 aromatic rings. The maximum atomic E-state index is 11.4. The van der Waals surface area contributed by atoms with E-state index >= 15 is 0 Å². The fraction of sp³-hybridized carbons (Fsp3) is 0.429. The van der Waals surface area contributed by atoms with E-state index in [1.807, 2.05) is 30.3 Å². The SMILES string of the molecule is CN(C)C(=O)CCNCc1cccc(OCC#N)c1. The molecule has 0 heterocycles. The molecule has 1 rings (SSSR count). The minimum atomic E-state index is 0.0498. The first-order valence-corrected chi connectivity index (χ1v) is 6.13. The molecule has 0 spiro atoms. The highest BCUT2D eigenvalue weighted by Gasteiger charge is 2.02. The molecule has 1 N–H and O–H groups in total. The second-order valence-corrected chi connectivity index (χ2v) is 4.31. The van der Waals surface area contributed by atoms with Crippen molar-refractivity contribution in [3.05, 3.63) is 29.8 Å². The summed E-state index contributed by atoms with van der Waals surface area (Å²) >= 11 is 0. The summed E-state index contributed by atoms with van der Waals surface area (Å²) in [4.78, 5) is 12.9. The number of nitrogens with zero attached hydrogens (tertiary/aromatic N) is 2. The minimum Gasteiger partial charge on any atom is -0.479 e. The summed E-state index contributed by atoms with van der Waals surface area (Å²) in [6, 6.07) is 9.49. The van der Waals surface area contributed by atoms with Crippen molar-refractivity contribution in [1.29, 1.82) is 5.26 Å². The molecule has 0 aromatic heterocycles. The number of nitrogens with one attached hydrogen (secondary N) is 1. The Bertz CT molecular complexity index is 452. The summed E-state index contributed by atoms with van der Waals surface area (Å²) in [5.74, 6) is 0.795. The number of hydrogen-bond donors (Lipinski definition) is 1. The third kappa shape index (κ3) is 5.89. The largest absolute Gasteiger partial charge is 0.479 e. The highest BCUT2D eigenvalue weighted by Crippen LogP contribution is 2.12. The van der Waals surface area contributed by atoms with Crippen molar-refractivity contribution in [3.63, 3.8) is 0 Å². The van der Waals surface area contributed by atoms with Gasteiger partial charge in [-0.15, -0.1) is 0 Å². The lowest BCUT2D eigenvalue weighted by Gasteiger charge is -2.10. The van der Waals surface area contributed by atoms with Crippen molar-refractivity contribution in [2.24, 2.45) is 0 Å². The van der Waals surface area contributed by atoms with Crippen LogP contribution in [0, 0.1) is 11.3 Å². The summed E-state index contributed by atoms with van der Waals surface area (Å²) in [7, 11) is 3.50. The van der Waals surface area contributed by atoms with E-state index in [4.69, 9.17) is 10.00 Å². The summed E-state index contributed by atoms with van der Waals surface area (Å²) < 4.78 is 5.22. The molecule has 0 bridgehead atoms. The smallest absolute Gasteiger partial charge is 0.223 e. The van der Waals surface area contributed by atoms with E-state index < -0.39 is 0 Å². The van der Waals surface area contributed by atoms with E-state index in [-0.39, 0.29) is 12.5 Å². The maximum absolute atomic E-state index is 11.4. The quantitative estimate of drug-likeness (QED) is 0.748. The Kier molecular flexibility index (Phi) is 6.41. The third-order valence-corrected chi connectivity index (χ3v) is 2.55. The first-order valence-electron chi connectivity index (χ1n) is 6.13. The lowest BCUT2D eigenvalue weighted by Crippen LogP contribution is -2.26. The fourth-order valence-electron chi connectivity index (χ4n) is 1.51. The van der Waals surface area contributed by atoms with Crippen molar-refractivity contribution >= 4 is 5.91 Å². The molecule has 19 heavy (non-hydrogen) atoms. The van der Waals surface area contributed by atoms with Gasteiger partial charge in [-0.2, -0.15) is 5.26 Å². The Morgan fingerprint density at radius 1 is 1.47 bits per heavy atom.